The summed E-state index contributed by atoms with van der Waals surface area (Å²) in [6.45, 7) is 4.24. The molecule has 1 unspecified atom stereocenters. The van der Waals surface area contributed by atoms with Gasteiger partial charge in [-0.25, -0.2) is 0 Å². The highest BCUT2D eigenvalue weighted by Gasteiger charge is 2.05. The van der Waals surface area contributed by atoms with E-state index < -0.39 is 9.76 Å². The van der Waals surface area contributed by atoms with Gasteiger partial charge in [0.25, 0.3) is 0 Å². The quantitative estimate of drug-likeness (QED) is 0.534. The highest BCUT2D eigenvalue weighted by atomic mass is 28.2. The van der Waals surface area contributed by atoms with E-state index in [4.69, 9.17) is 10.2 Å². The predicted octanol–water partition coefficient (Wildman–Crippen LogP) is -0.343. The summed E-state index contributed by atoms with van der Waals surface area (Å²) >= 11 is 0. The minimum Gasteiger partial charge on any atom is -0.426 e. The molecule has 0 aliphatic carbocycles. The third kappa shape index (κ3) is 3.18. The number of hydrogen-bond acceptors (Lipinski definition) is 2. The second-order valence-electron chi connectivity index (χ2n) is 2.36. The van der Waals surface area contributed by atoms with Gasteiger partial charge in [-0.3, -0.25) is 0 Å². The zero-order valence-electron chi connectivity index (χ0n) is 5.85. The summed E-state index contributed by atoms with van der Waals surface area (Å²) < 4.78 is 4.98. The summed E-state index contributed by atoms with van der Waals surface area (Å²) in [5.41, 5.74) is 6.00. The molecule has 0 saturated carbocycles. The normalized spacial score (nSPS) is 16.1. The summed E-state index contributed by atoms with van der Waals surface area (Å²) in [5, 5.41) is 0. The molecular weight excluding hydrogens is 118 g/mol. The molecular formula is C5H15NOSi. The first-order valence-corrected chi connectivity index (χ1v) is 4.32. The second kappa shape index (κ2) is 4.06. The molecule has 0 fully saturated rings. The topological polar surface area (TPSA) is 35.2 Å². The summed E-state index contributed by atoms with van der Waals surface area (Å²) in [6.07, 6.45) is 0. The van der Waals surface area contributed by atoms with Gasteiger partial charge in [0.15, 0.2) is 9.76 Å². The molecule has 1 atom stereocenters. The lowest BCUT2D eigenvalue weighted by atomic mass is 10.2. The lowest BCUT2D eigenvalue weighted by molar-refractivity contribution is 0.416. The van der Waals surface area contributed by atoms with Gasteiger partial charge in [-0.1, -0.05) is 13.8 Å². The Balaban J connectivity index is 3.17. The van der Waals surface area contributed by atoms with Crippen LogP contribution in [0.2, 0.25) is 0 Å². The van der Waals surface area contributed by atoms with E-state index in [0.717, 1.165) is 0 Å². The van der Waals surface area contributed by atoms with E-state index in [-0.39, 0.29) is 0 Å². The number of hydrogen-bond donors (Lipinski definition) is 1. The Morgan fingerprint density at radius 2 is 2.00 bits per heavy atom. The molecule has 0 amide bonds. The lowest BCUT2D eigenvalue weighted by Gasteiger charge is -2.12. The van der Waals surface area contributed by atoms with Gasteiger partial charge in [0, 0.05) is 12.8 Å². The van der Waals surface area contributed by atoms with E-state index in [9.17, 15) is 0 Å². The van der Waals surface area contributed by atoms with Crippen molar-refractivity contribution in [1.82, 2.24) is 0 Å². The first-order chi connectivity index (χ1) is 3.68. The van der Waals surface area contributed by atoms with Crippen LogP contribution in [0.15, 0.2) is 0 Å². The van der Waals surface area contributed by atoms with E-state index in [1.807, 2.05) is 0 Å². The summed E-state index contributed by atoms with van der Waals surface area (Å²) in [7, 11) is 1.31. The van der Waals surface area contributed by atoms with Gasteiger partial charge in [-0.05, 0) is 5.92 Å². The second-order valence-corrected chi connectivity index (χ2v) is 4.22. The van der Waals surface area contributed by atoms with Crippen LogP contribution in [0.3, 0.4) is 0 Å². The van der Waals surface area contributed by atoms with Crippen LogP contribution in [0.5, 0.6) is 0 Å². The average Bonchev–Trinajstić information content (AvgIpc) is 1.67. The molecule has 0 aromatic heterocycles. The van der Waals surface area contributed by atoms with Gasteiger partial charge in [0.1, 0.15) is 0 Å². The van der Waals surface area contributed by atoms with Gasteiger partial charge < -0.3 is 10.2 Å². The minimum atomic E-state index is -0.424. The Hall–Kier alpha value is 0.137. The van der Waals surface area contributed by atoms with Crippen LogP contribution in [0.25, 0.3) is 0 Å². The molecule has 50 valence electrons. The summed E-state index contributed by atoms with van der Waals surface area (Å²) in [6, 6.07) is 0. The van der Waals surface area contributed by atoms with Crippen LogP contribution >= 0.6 is 0 Å². The van der Waals surface area contributed by atoms with Gasteiger partial charge in [0.05, 0.1) is 0 Å². The molecule has 3 heteroatoms. The fourth-order valence-corrected chi connectivity index (χ4v) is 1.15. The molecule has 0 rings (SSSR count). The van der Waals surface area contributed by atoms with E-state index >= 15 is 0 Å². The number of rotatable bonds is 3. The summed E-state index contributed by atoms with van der Waals surface area (Å²) in [5.74, 6) is 0.585. The fraction of sp³-hybridized carbons (Fsp3) is 1.00. The largest absolute Gasteiger partial charge is 0.426 e. The van der Waals surface area contributed by atoms with Gasteiger partial charge >= 0.3 is 0 Å². The van der Waals surface area contributed by atoms with Crippen molar-refractivity contribution in [2.24, 2.45) is 11.7 Å². The molecule has 0 aliphatic heterocycles. The van der Waals surface area contributed by atoms with Gasteiger partial charge in [0.2, 0.25) is 0 Å². The van der Waals surface area contributed by atoms with Crippen molar-refractivity contribution >= 4 is 9.76 Å². The molecule has 0 aromatic rings. The highest BCUT2D eigenvalue weighted by molar-refractivity contribution is 6.29. The van der Waals surface area contributed by atoms with E-state index in [2.05, 4.69) is 13.8 Å². The average molecular weight is 133 g/mol. The molecule has 2 nitrogen and oxygen atoms in total. The van der Waals surface area contributed by atoms with E-state index in [1.54, 1.807) is 7.11 Å². The summed E-state index contributed by atoms with van der Waals surface area (Å²) in [4.78, 5) is 0. The molecule has 0 aromatic carbocycles. The van der Waals surface area contributed by atoms with Crippen molar-refractivity contribution < 1.29 is 4.43 Å². The molecule has 0 saturated heterocycles. The monoisotopic (exact) mass is 133 g/mol. The molecule has 0 spiro atoms. The van der Waals surface area contributed by atoms with Crippen molar-refractivity contribution in [2.45, 2.75) is 19.5 Å². The maximum absolute atomic E-state index is 5.66. The smallest absolute Gasteiger partial charge is 0.177 e. The van der Waals surface area contributed by atoms with E-state index in [1.165, 1.54) is 0 Å². The van der Waals surface area contributed by atoms with Crippen molar-refractivity contribution in [2.75, 3.05) is 7.11 Å². The Morgan fingerprint density at radius 1 is 1.50 bits per heavy atom. The highest BCUT2D eigenvalue weighted by Crippen LogP contribution is 1.94. The van der Waals surface area contributed by atoms with Crippen molar-refractivity contribution in [3.05, 3.63) is 0 Å². The lowest BCUT2D eigenvalue weighted by Crippen LogP contribution is -2.33. The first kappa shape index (κ1) is 8.14. The maximum atomic E-state index is 5.66. The Bertz CT molecular complexity index is 58.4. The van der Waals surface area contributed by atoms with Crippen molar-refractivity contribution in [3.63, 3.8) is 0 Å². The minimum absolute atomic E-state index is 0.333. The van der Waals surface area contributed by atoms with Crippen LogP contribution < -0.4 is 5.73 Å². The van der Waals surface area contributed by atoms with E-state index in [0.29, 0.717) is 11.6 Å². The zero-order chi connectivity index (χ0) is 6.57. The Labute approximate surface area is 53.4 Å². The zero-order valence-corrected chi connectivity index (χ0v) is 7.26. The van der Waals surface area contributed by atoms with Gasteiger partial charge in [-0.15, -0.1) is 0 Å². The molecule has 0 heterocycles. The standard InChI is InChI=1S/C5H15NOSi/c1-4(2)5(6)8-7-3/h4-5H,6,8H2,1-3H3. The Kier molecular flexibility index (Phi) is 4.13. The van der Waals surface area contributed by atoms with Crippen LogP contribution in [-0.2, 0) is 4.43 Å². The van der Waals surface area contributed by atoms with Crippen molar-refractivity contribution in [1.29, 1.82) is 0 Å². The third-order valence-electron chi connectivity index (χ3n) is 1.22. The molecule has 0 aliphatic rings. The van der Waals surface area contributed by atoms with Crippen LogP contribution in [-0.4, -0.2) is 22.5 Å². The van der Waals surface area contributed by atoms with Crippen LogP contribution in [0, 0.1) is 5.92 Å². The Morgan fingerprint density at radius 3 is 2.12 bits per heavy atom. The molecule has 0 bridgehead atoms. The number of nitrogens with two attached hydrogens (primary N) is 1. The first-order valence-electron chi connectivity index (χ1n) is 2.93. The predicted molar refractivity (Wildman–Crippen MR) is 38.4 cm³/mol. The SMILES string of the molecule is CO[SiH2]C(N)C(C)C. The molecule has 0 radical (unpaired) electrons. The maximum Gasteiger partial charge on any atom is 0.177 e. The third-order valence-corrected chi connectivity index (χ3v) is 2.88. The van der Waals surface area contributed by atoms with Crippen molar-refractivity contribution in [3.8, 4) is 0 Å². The van der Waals surface area contributed by atoms with Gasteiger partial charge in [-0.2, -0.15) is 0 Å². The fourth-order valence-electron chi connectivity index (χ4n) is 0.385. The van der Waals surface area contributed by atoms with Crippen LogP contribution in [0.1, 0.15) is 13.8 Å². The molecule has 2 N–H and O–H groups in total. The van der Waals surface area contributed by atoms with Crippen LogP contribution in [0.4, 0.5) is 0 Å². The molecule has 8 heavy (non-hydrogen) atoms.